The second kappa shape index (κ2) is 5.87. The number of aromatic nitrogens is 1. The van der Waals surface area contributed by atoms with E-state index >= 15 is 0 Å². The number of nitrogens with zero attached hydrogens (tertiary/aromatic N) is 2. The number of anilines is 1. The number of benzene rings is 1. The van der Waals surface area contributed by atoms with E-state index in [4.69, 9.17) is 4.74 Å². The highest BCUT2D eigenvalue weighted by Gasteiger charge is 2.51. The van der Waals surface area contributed by atoms with Crippen molar-refractivity contribution in [1.82, 2.24) is 4.98 Å². The fraction of sp³-hybridized carbons (Fsp3) is 0.421. The average Bonchev–Trinajstić information content (AvgIpc) is 3.01. The molecule has 0 saturated carbocycles. The Morgan fingerprint density at radius 2 is 2.08 bits per heavy atom. The number of para-hydroxylation sites is 1. The Bertz CT molecular complexity index is 840. The minimum Gasteiger partial charge on any atom is -0.493 e. The maximum Gasteiger partial charge on any atom is 0.416 e. The molecule has 3 heterocycles. The summed E-state index contributed by atoms with van der Waals surface area (Å²) in [6.07, 6.45) is -4.42. The Balaban J connectivity index is 1.73. The van der Waals surface area contributed by atoms with Gasteiger partial charge in [-0.05, 0) is 30.7 Å². The first-order chi connectivity index (χ1) is 12.3. The van der Waals surface area contributed by atoms with Crippen LogP contribution in [0, 0.1) is 12.3 Å². The van der Waals surface area contributed by atoms with Crippen molar-refractivity contribution < 1.29 is 23.0 Å². The normalized spacial score (nSPS) is 24.8. The molecule has 4 rings (SSSR count). The van der Waals surface area contributed by atoms with Crippen molar-refractivity contribution in [2.24, 2.45) is 5.41 Å². The topological polar surface area (TPSA) is 45.6 Å². The number of aryl methyl sites for hydroxylation is 1. The van der Waals surface area contributed by atoms with Gasteiger partial charge in [-0.15, -0.1) is 0 Å². The third-order valence-electron chi connectivity index (χ3n) is 5.36. The van der Waals surface area contributed by atoms with Crippen LogP contribution >= 0.6 is 0 Å². The van der Waals surface area contributed by atoms with E-state index in [1.165, 1.54) is 0 Å². The predicted octanol–water partition coefficient (Wildman–Crippen LogP) is 3.38. The maximum atomic E-state index is 13.2. The number of fused-ring (bicyclic) bond motifs is 3. The third-order valence-corrected chi connectivity index (χ3v) is 5.36. The van der Waals surface area contributed by atoms with Crippen LogP contribution in [0.5, 0.6) is 5.75 Å². The molecule has 0 unspecified atom stereocenters. The van der Waals surface area contributed by atoms with Crippen molar-refractivity contribution in [3.8, 4) is 5.75 Å². The lowest BCUT2D eigenvalue weighted by Crippen LogP contribution is -2.42. The van der Waals surface area contributed by atoms with E-state index < -0.39 is 17.2 Å². The van der Waals surface area contributed by atoms with E-state index in [0.29, 0.717) is 25.4 Å². The molecule has 0 spiro atoms. The van der Waals surface area contributed by atoms with Gasteiger partial charge in [0, 0.05) is 24.7 Å². The number of hydrogen-bond acceptors (Lipinski definition) is 4. The largest absolute Gasteiger partial charge is 0.493 e. The average molecular weight is 364 g/mol. The summed E-state index contributed by atoms with van der Waals surface area (Å²) in [7, 11) is 0. The zero-order valence-corrected chi connectivity index (χ0v) is 14.3. The molecule has 138 valence electrons. The zero-order valence-electron chi connectivity index (χ0n) is 14.3. The molecule has 0 bridgehead atoms. The van der Waals surface area contributed by atoms with Crippen LogP contribution in [0.1, 0.15) is 22.7 Å². The number of aliphatic hydroxyl groups excluding tert-OH is 1. The van der Waals surface area contributed by atoms with Crippen LogP contribution in [0.2, 0.25) is 0 Å². The number of ether oxygens (including phenoxy) is 1. The van der Waals surface area contributed by atoms with E-state index in [-0.39, 0.29) is 18.3 Å². The highest BCUT2D eigenvalue weighted by molar-refractivity contribution is 5.50. The molecule has 0 amide bonds. The van der Waals surface area contributed by atoms with Gasteiger partial charge in [-0.3, -0.25) is 0 Å². The van der Waals surface area contributed by atoms with E-state index in [0.717, 1.165) is 23.4 Å². The second-order valence-electron chi connectivity index (χ2n) is 7.13. The maximum absolute atomic E-state index is 13.2. The first kappa shape index (κ1) is 17.1. The summed E-state index contributed by atoms with van der Waals surface area (Å²) >= 11 is 0. The van der Waals surface area contributed by atoms with Crippen LogP contribution in [0.25, 0.3) is 0 Å². The molecule has 1 saturated heterocycles. The van der Waals surface area contributed by atoms with Gasteiger partial charge in [0.25, 0.3) is 0 Å². The molecule has 4 nitrogen and oxygen atoms in total. The molecule has 26 heavy (non-hydrogen) atoms. The molecule has 0 aliphatic carbocycles. The summed E-state index contributed by atoms with van der Waals surface area (Å²) in [5.74, 6) is 1.04. The Morgan fingerprint density at radius 3 is 2.81 bits per heavy atom. The van der Waals surface area contributed by atoms with Crippen molar-refractivity contribution in [3.63, 3.8) is 0 Å². The van der Waals surface area contributed by atoms with Crippen molar-refractivity contribution in [1.29, 1.82) is 0 Å². The van der Waals surface area contributed by atoms with Crippen LogP contribution in [0.4, 0.5) is 19.0 Å². The number of rotatable bonds is 2. The standard InChI is InChI=1S/C19H19F3N2O2/c1-12-6-13(19(20,21)22)7-17(23-12)24-8-15-14-4-2-3-5-16(14)26-11-18(15,9-24)10-25/h2-7,15,25H,8-11H2,1H3/t15-,18-/m1/s1. The number of pyridine rings is 1. The van der Waals surface area contributed by atoms with E-state index in [1.54, 1.807) is 6.92 Å². The fourth-order valence-electron chi connectivity index (χ4n) is 4.02. The summed E-state index contributed by atoms with van der Waals surface area (Å²) in [5, 5.41) is 10.1. The molecule has 0 radical (unpaired) electrons. The zero-order chi connectivity index (χ0) is 18.5. The van der Waals surface area contributed by atoms with Crippen molar-refractivity contribution in [2.45, 2.75) is 19.0 Å². The molecule has 1 N–H and O–H groups in total. The molecule has 1 aromatic heterocycles. The minimum absolute atomic E-state index is 0.0194. The lowest BCUT2D eigenvalue weighted by molar-refractivity contribution is -0.137. The lowest BCUT2D eigenvalue weighted by Gasteiger charge is -2.37. The molecule has 2 atom stereocenters. The number of hydrogen-bond donors (Lipinski definition) is 1. The number of aliphatic hydroxyl groups is 1. The first-order valence-corrected chi connectivity index (χ1v) is 8.46. The summed E-state index contributed by atoms with van der Waals surface area (Å²) in [6, 6.07) is 9.76. The van der Waals surface area contributed by atoms with Gasteiger partial charge in [0.2, 0.25) is 0 Å². The Kier molecular flexibility index (Phi) is 3.87. The van der Waals surface area contributed by atoms with Gasteiger partial charge < -0.3 is 14.7 Å². The molecule has 2 aliphatic heterocycles. The van der Waals surface area contributed by atoms with Crippen LogP contribution in [-0.2, 0) is 6.18 Å². The van der Waals surface area contributed by atoms with Gasteiger partial charge >= 0.3 is 6.18 Å². The second-order valence-corrected chi connectivity index (χ2v) is 7.13. The van der Waals surface area contributed by atoms with E-state index in [9.17, 15) is 18.3 Å². The van der Waals surface area contributed by atoms with E-state index in [2.05, 4.69) is 4.98 Å². The van der Waals surface area contributed by atoms with Crippen LogP contribution in [-0.4, -0.2) is 36.4 Å². The molecular weight excluding hydrogens is 345 g/mol. The monoisotopic (exact) mass is 364 g/mol. The van der Waals surface area contributed by atoms with Crippen LogP contribution in [0.15, 0.2) is 36.4 Å². The summed E-state index contributed by atoms with van der Waals surface area (Å²) in [4.78, 5) is 6.14. The molecule has 1 fully saturated rings. The molecule has 2 aliphatic rings. The molecule has 2 aromatic rings. The van der Waals surface area contributed by atoms with Gasteiger partial charge in [0.1, 0.15) is 11.6 Å². The van der Waals surface area contributed by atoms with Gasteiger partial charge in [0.15, 0.2) is 0 Å². The highest BCUT2D eigenvalue weighted by atomic mass is 19.4. The summed E-state index contributed by atoms with van der Waals surface area (Å²) in [5.41, 5.74) is 0.0565. The predicted molar refractivity (Wildman–Crippen MR) is 90.4 cm³/mol. The molecule has 1 aromatic carbocycles. The smallest absolute Gasteiger partial charge is 0.416 e. The SMILES string of the molecule is Cc1cc(C(F)(F)F)cc(N2C[C@@H]3c4ccccc4OC[C@]3(CO)C2)n1. The lowest BCUT2D eigenvalue weighted by atomic mass is 9.74. The van der Waals surface area contributed by atoms with Crippen LogP contribution < -0.4 is 9.64 Å². The quantitative estimate of drug-likeness (QED) is 0.887. The Labute approximate surface area is 149 Å². The summed E-state index contributed by atoms with van der Waals surface area (Å²) in [6.45, 7) is 2.69. The van der Waals surface area contributed by atoms with Crippen molar-refractivity contribution >= 4 is 5.82 Å². The first-order valence-electron chi connectivity index (χ1n) is 8.46. The van der Waals surface area contributed by atoms with Gasteiger partial charge in [0.05, 0.1) is 24.2 Å². The van der Waals surface area contributed by atoms with Gasteiger partial charge in [-0.1, -0.05) is 18.2 Å². The molecular formula is C19H19F3N2O2. The minimum atomic E-state index is -4.42. The fourth-order valence-corrected chi connectivity index (χ4v) is 4.02. The third kappa shape index (κ3) is 2.70. The van der Waals surface area contributed by atoms with Crippen LogP contribution in [0.3, 0.4) is 0 Å². The van der Waals surface area contributed by atoms with Gasteiger partial charge in [-0.25, -0.2) is 4.98 Å². The van der Waals surface area contributed by atoms with Crippen molar-refractivity contribution in [3.05, 3.63) is 53.2 Å². The Hall–Kier alpha value is -2.28. The van der Waals surface area contributed by atoms with E-state index in [1.807, 2.05) is 29.2 Å². The molecule has 7 heteroatoms. The summed E-state index contributed by atoms with van der Waals surface area (Å²) < 4.78 is 45.3. The van der Waals surface area contributed by atoms with Crippen molar-refractivity contribution in [2.75, 3.05) is 31.2 Å². The highest BCUT2D eigenvalue weighted by Crippen LogP contribution is 2.50. The van der Waals surface area contributed by atoms with Gasteiger partial charge in [-0.2, -0.15) is 13.2 Å². The number of halogens is 3. The number of alkyl halides is 3. The Morgan fingerprint density at radius 1 is 1.31 bits per heavy atom.